The molecule has 0 saturated heterocycles. The van der Waals surface area contributed by atoms with E-state index in [9.17, 15) is 9.18 Å². The third-order valence-electron chi connectivity index (χ3n) is 3.95. The van der Waals surface area contributed by atoms with E-state index < -0.39 is 0 Å². The zero-order valence-corrected chi connectivity index (χ0v) is 14.3. The van der Waals surface area contributed by atoms with Crippen molar-refractivity contribution < 1.29 is 13.9 Å². The van der Waals surface area contributed by atoms with Gasteiger partial charge in [0.05, 0.1) is 18.2 Å². The number of nitrogens with one attached hydrogen (secondary N) is 2. The topological polar surface area (TPSA) is 89.0 Å². The number of fused-ring (bicyclic) bond motifs is 1. The molecule has 0 saturated carbocycles. The van der Waals surface area contributed by atoms with Gasteiger partial charge in [-0.25, -0.2) is 9.37 Å². The molecule has 3 aromatic rings. The fraction of sp³-hybridized carbons (Fsp3) is 0.176. The highest BCUT2D eigenvalue weighted by Gasteiger charge is 2.24. The predicted molar refractivity (Wildman–Crippen MR) is 95.0 cm³/mol. The molecule has 0 unspecified atom stereocenters. The smallest absolute Gasteiger partial charge is 0.259 e. The number of carbonyl (C=O) groups is 1. The van der Waals surface area contributed by atoms with E-state index in [1.807, 2.05) is 6.07 Å². The summed E-state index contributed by atoms with van der Waals surface area (Å²) in [5.41, 5.74) is 2.70. The first kappa shape index (κ1) is 16.4. The molecule has 2 N–H and O–H groups in total. The molecule has 1 aliphatic rings. The van der Waals surface area contributed by atoms with Gasteiger partial charge in [-0.3, -0.25) is 10.1 Å². The molecular formula is C17H14FN5O2S. The number of para-hydroxylation sites is 1. The Kier molecular flexibility index (Phi) is 4.44. The van der Waals surface area contributed by atoms with Crippen LogP contribution in [0.1, 0.15) is 28.4 Å². The lowest BCUT2D eigenvalue weighted by Gasteiger charge is -2.27. The van der Waals surface area contributed by atoms with E-state index in [2.05, 4.69) is 25.8 Å². The van der Waals surface area contributed by atoms with E-state index >= 15 is 0 Å². The van der Waals surface area contributed by atoms with Gasteiger partial charge in [0.25, 0.3) is 5.91 Å². The van der Waals surface area contributed by atoms with Crippen molar-refractivity contribution in [2.45, 2.75) is 12.5 Å². The van der Waals surface area contributed by atoms with Crippen molar-refractivity contribution >= 4 is 28.2 Å². The van der Waals surface area contributed by atoms with E-state index in [1.165, 1.54) is 29.1 Å². The first-order valence-electron chi connectivity index (χ1n) is 7.92. The summed E-state index contributed by atoms with van der Waals surface area (Å²) in [5.74, 6) is 0.203. The number of halogens is 1. The standard InChI is InChI=1S/C17H14FN5O2S/c18-12-3-1-2-11-13(6-7-25-15(11)12)21-14-5-4-10(8-19-14)16(24)22-17-23-20-9-26-17/h1-5,8-9,13H,6-7H2,(H,19,21)(H,22,23,24)/t13-/m0/s1. The Labute approximate surface area is 152 Å². The van der Waals surface area contributed by atoms with Gasteiger partial charge < -0.3 is 10.1 Å². The maximum absolute atomic E-state index is 13.9. The van der Waals surface area contributed by atoms with Gasteiger partial charge in [0.15, 0.2) is 11.6 Å². The highest BCUT2D eigenvalue weighted by Crippen LogP contribution is 2.35. The van der Waals surface area contributed by atoms with Crippen LogP contribution >= 0.6 is 11.3 Å². The van der Waals surface area contributed by atoms with Crippen LogP contribution in [0.15, 0.2) is 42.0 Å². The maximum Gasteiger partial charge on any atom is 0.259 e. The number of pyridine rings is 1. The van der Waals surface area contributed by atoms with Gasteiger partial charge in [-0.2, -0.15) is 0 Å². The summed E-state index contributed by atoms with van der Waals surface area (Å²) in [6.45, 7) is 0.425. The van der Waals surface area contributed by atoms with Crippen LogP contribution in [0.25, 0.3) is 0 Å². The van der Waals surface area contributed by atoms with Crippen LogP contribution < -0.4 is 15.4 Å². The summed E-state index contributed by atoms with van der Waals surface area (Å²) < 4.78 is 19.3. The van der Waals surface area contributed by atoms with E-state index in [0.717, 1.165) is 5.56 Å². The van der Waals surface area contributed by atoms with Gasteiger partial charge in [-0.1, -0.05) is 23.5 Å². The van der Waals surface area contributed by atoms with E-state index in [-0.39, 0.29) is 23.5 Å². The lowest BCUT2D eigenvalue weighted by molar-refractivity contribution is 0.102. The summed E-state index contributed by atoms with van der Waals surface area (Å²) in [6, 6.07) is 8.14. The summed E-state index contributed by atoms with van der Waals surface area (Å²) in [7, 11) is 0. The number of benzene rings is 1. The molecule has 3 heterocycles. The van der Waals surface area contributed by atoms with E-state index in [4.69, 9.17) is 4.74 Å². The Hall–Kier alpha value is -3.07. The minimum Gasteiger partial charge on any atom is -0.490 e. The van der Waals surface area contributed by atoms with Crippen LogP contribution in [0.2, 0.25) is 0 Å². The Morgan fingerprint density at radius 2 is 2.23 bits per heavy atom. The second-order valence-corrected chi connectivity index (χ2v) is 6.46. The monoisotopic (exact) mass is 371 g/mol. The van der Waals surface area contributed by atoms with Crippen LogP contribution in [0, 0.1) is 5.82 Å². The quantitative estimate of drug-likeness (QED) is 0.732. The van der Waals surface area contributed by atoms with Gasteiger partial charge in [-0.05, 0) is 18.2 Å². The van der Waals surface area contributed by atoms with Crippen molar-refractivity contribution in [2.75, 3.05) is 17.2 Å². The normalized spacial score (nSPS) is 15.7. The van der Waals surface area contributed by atoms with Crippen LogP contribution in [-0.4, -0.2) is 27.7 Å². The van der Waals surface area contributed by atoms with E-state index in [0.29, 0.717) is 29.5 Å². The molecule has 2 aromatic heterocycles. The molecule has 9 heteroatoms. The second kappa shape index (κ2) is 7.04. The maximum atomic E-state index is 13.9. The third-order valence-corrected chi connectivity index (χ3v) is 4.56. The molecule has 1 amide bonds. The lowest BCUT2D eigenvalue weighted by Crippen LogP contribution is -2.21. The molecule has 1 aromatic carbocycles. The zero-order valence-electron chi connectivity index (χ0n) is 13.5. The van der Waals surface area contributed by atoms with E-state index in [1.54, 1.807) is 18.2 Å². The van der Waals surface area contributed by atoms with Crippen LogP contribution in [-0.2, 0) is 0 Å². The minimum absolute atomic E-state index is 0.108. The fourth-order valence-electron chi connectivity index (χ4n) is 2.73. The third kappa shape index (κ3) is 3.33. The van der Waals surface area contributed by atoms with Gasteiger partial charge in [0.1, 0.15) is 11.3 Å². The molecule has 1 atom stereocenters. The Morgan fingerprint density at radius 1 is 1.31 bits per heavy atom. The molecule has 0 aliphatic carbocycles. The Bertz CT molecular complexity index is 917. The highest BCUT2D eigenvalue weighted by molar-refractivity contribution is 7.13. The lowest BCUT2D eigenvalue weighted by atomic mass is 10.0. The number of hydrogen-bond donors (Lipinski definition) is 2. The molecule has 0 fully saturated rings. The number of ether oxygens (including phenoxy) is 1. The van der Waals surface area contributed by atoms with Crippen LogP contribution in [0.5, 0.6) is 5.75 Å². The predicted octanol–water partition coefficient (Wildman–Crippen LogP) is 3.26. The van der Waals surface area contributed by atoms with Crippen LogP contribution in [0.4, 0.5) is 15.3 Å². The summed E-state index contributed by atoms with van der Waals surface area (Å²) >= 11 is 1.24. The molecule has 132 valence electrons. The van der Waals surface area contributed by atoms with Gasteiger partial charge >= 0.3 is 0 Å². The second-order valence-electron chi connectivity index (χ2n) is 5.62. The molecule has 0 radical (unpaired) electrons. The number of hydrogen-bond acceptors (Lipinski definition) is 7. The first-order chi connectivity index (χ1) is 12.7. The van der Waals surface area contributed by atoms with Gasteiger partial charge in [0.2, 0.25) is 5.13 Å². The molecule has 4 rings (SSSR count). The molecular weight excluding hydrogens is 357 g/mol. The first-order valence-corrected chi connectivity index (χ1v) is 8.80. The molecule has 7 nitrogen and oxygen atoms in total. The molecule has 0 spiro atoms. The number of rotatable bonds is 4. The molecule has 0 bridgehead atoms. The zero-order chi connectivity index (χ0) is 17.9. The SMILES string of the molecule is O=C(Nc1nncs1)c1ccc(N[C@H]2CCOc3c(F)cccc32)nc1. The van der Waals surface area contributed by atoms with Crippen molar-refractivity contribution in [3.8, 4) is 5.75 Å². The average Bonchev–Trinajstić information content (AvgIpc) is 3.16. The minimum atomic E-state index is -0.370. The molecule has 26 heavy (non-hydrogen) atoms. The van der Waals surface area contributed by atoms with Crippen molar-refractivity contribution in [2.24, 2.45) is 0 Å². The Morgan fingerprint density at radius 3 is 3.00 bits per heavy atom. The summed E-state index contributed by atoms with van der Waals surface area (Å²) in [5, 5.41) is 13.8. The number of aromatic nitrogens is 3. The van der Waals surface area contributed by atoms with Crippen LogP contribution in [0.3, 0.4) is 0 Å². The number of nitrogens with zero attached hydrogens (tertiary/aromatic N) is 3. The summed E-state index contributed by atoms with van der Waals surface area (Å²) in [6.07, 6.45) is 2.17. The largest absolute Gasteiger partial charge is 0.490 e. The number of anilines is 2. The average molecular weight is 371 g/mol. The fourth-order valence-corrected chi connectivity index (χ4v) is 3.17. The Balaban J connectivity index is 1.47. The number of amides is 1. The molecule has 1 aliphatic heterocycles. The number of carbonyl (C=O) groups excluding carboxylic acids is 1. The van der Waals surface area contributed by atoms with Crippen molar-refractivity contribution in [1.29, 1.82) is 0 Å². The van der Waals surface area contributed by atoms with Crippen molar-refractivity contribution in [3.63, 3.8) is 0 Å². The van der Waals surface area contributed by atoms with Crippen molar-refractivity contribution in [1.82, 2.24) is 15.2 Å². The van der Waals surface area contributed by atoms with Gasteiger partial charge in [-0.15, -0.1) is 10.2 Å². The van der Waals surface area contributed by atoms with Gasteiger partial charge in [0, 0.05) is 18.2 Å². The summed E-state index contributed by atoms with van der Waals surface area (Å²) in [4.78, 5) is 16.4. The van der Waals surface area contributed by atoms with Crippen molar-refractivity contribution in [3.05, 3.63) is 59.0 Å². The highest BCUT2D eigenvalue weighted by atomic mass is 32.1.